The number of aryl methyl sites for hydroxylation is 1. The number of hydrogen-bond donors (Lipinski definition) is 1. The number of anilines is 1. The van der Waals surface area contributed by atoms with E-state index < -0.39 is 22.5 Å². The van der Waals surface area contributed by atoms with Gasteiger partial charge >= 0.3 is 0 Å². The number of halogens is 1. The first kappa shape index (κ1) is 26.6. The Morgan fingerprint density at radius 3 is 2.34 bits per heavy atom. The molecule has 0 saturated carbocycles. The summed E-state index contributed by atoms with van der Waals surface area (Å²) in [5, 5.41) is 4.03. The smallest absolute Gasteiger partial charge is 0.264 e. The van der Waals surface area contributed by atoms with E-state index in [1.54, 1.807) is 65.2 Å². The molecule has 1 aromatic heterocycles. The second-order valence-electron chi connectivity index (χ2n) is 8.43. The van der Waals surface area contributed by atoms with Gasteiger partial charge in [0.25, 0.3) is 15.9 Å². The number of carbonyl (C=O) groups is 1. The van der Waals surface area contributed by atoms with Crippen molar-refractivity contribution in [3.63, 3.8) is 0 Å². The third kappa shape index (κ3) is 5.60. The summed E-state index contributed by atoms with van der Waals surface area (Å²) >= 11 is 0. The standard InChI is InChI=1S/C28H27FN4O4S/c1-20-17-22(21(2)33(20)27-12-8-7-11-26(27)29)18-30-31-28(34)19-32(23-13-15-24(37-3)16-14-23)38(35,36)25-9-5-4-6-10-25/h4-18H,19H2,1-3H3,(H,31,34)/b30-18-. The van der Waals surface area contributed by atoms with Crippen molar-refractivity contribution in [1.29, 1.82) is 0 Å². The third-order valence-electron chi connectivity index (χ3n) is 5.94. The summed E-state index contributed by atoms with van der Waals surface area (Å²) in [7, 11) is -2.54. The van der Waals surface area contributed by atoms with Crippen LogP contribution in [0, 0.1) is 19.7 Å². The number of aromatic nitrogens is 1. The van der Waals surface area contributed by atoms with Gasteiger partial charge in [-0.05, 0) is 68.4 Å². The average Bonchev–Trinajstić information content (AvgIpc) is 3.20. The normalized spacial score (nSPS) is 11.5. The van der Waals surface area contributed by atoms with E-state index in [0.29, 0.717) is 22.7 Å². The number of sulfonamides is 1. The van der Waals surface area contributed by atoms with E-state index in [-0.39, 0.29) is 10.7 Å². The number of para-hydroxylation sites is 1. The lowest BCUT2D eigenvalue weighted by molar-refractivity contribution is -0.119. The van der Waals surface area contributed by atoms with E-state index >= 15 is 0 Å². The molecule has 4 aromatic rings. The van der Waals surface area contributed by atoms with Gasteiger partial charge in [0.15, 0.2) is 0 Å². The van der Waals surface area contributed by atoms with Crippen molar-refractivity contribution in [2.24, 2.45) is 5.10 Å². The fraction of sp³-hybridized carbons (Fsp3) is 0.143. The van der Waals surface area contributed by atoms with E-state index in [1.807, 2.05) is 19.9 Å². The second-order valence-corrected chi connectivity index (χ2v) is 10.3. The van der Waals surface area contributed by atoms with Crippen molar-refractivity contribution in [3.8, 4) is 11.4 Å². The number of methoxy groups -OCH3 is 1. The maximum atomic E-state index is 14.4. The van der Waals surface area contributed by atoms with Gasteiger partial charge in [0.2, 0.25) is 0 Å². The van der Waals surface area contributed by atoms with E-state index in [4.69, 9.17) is 4.74 Å². The molecule has 0 aliphatic heterocycles. The number of rotatable bonds is 9. The van der Waals surface area contributed by atoms with Gasteiger partial charge in [0.1, 0.15) is 18.1 Å². The molecule has 0 bridgehead atoms. The molecular weight excluding hydrogens is 507 g/mol. The Labute approximate surface area is 221 Å². The van der Waals surface area contributed by atoms with Crippen molar-refractivity contribution in [1.82, 2.24) is 9.99 Å². The van der Waals surface area contributed by atoms with Crippen LogP contribution in [0.3, 0.4) is 0 Å². The summed E-state index contributed by atoms with van der Waals surface area (Å²) in [5.74, 6) is -0.448. The number of nitrogens with one attached hydrogen (secondary N) is 1. The maximum Gasteiger partial charge on any atom is 0.264 e. The van der Waals surface area contributed by atoms with Gasteiger partial charge in [0.05, 0.1) is 29.6 Å². The summed E-state index contributed by atoms with van der Waals surface area (Å²) in [6, 6.07) is 22.5. The van der Waals surface area contributed by atoms with Crippen LogP contribution < -0.4 is 14.5 Å². The molecule has 0 aliphatic rings. The lowest BCUT2D eigenvalue weighted by Crippen LogP contribution is -2.39. The van der Waals surface area contributed by atoms with Crippen LogP contribution in [0.4, 0.5) is 10.1 Å². The molecule has 8 nitrogen and oxygen atoms in total. The van der Waals surface area contributed by atoms with Crippen LogP contribution in [-0.4, -0.2) is 38.8 Å². The monoisotopic (exact) mass is 534 g/mol. The minimum atomic E-state index is -4.05. The third-order valence-corrected chi connectivity index (χ3v) is 7.72. The molecule has 4 rings (SSSR count). The predicted octanol–water partition coefficient (Wildman–Crippen LogP) is 4.59. The Morgan fingerprint density at radius 1 is 1.03 bits per heavy atom. The molecule has 1 amide bonds. The van der Waals surface area contributed by atoms with Crippen LogP contribution in [-0.2, 0) is 14.8 Å². The van der Waals surface area contributed by atoms with Gasteiger partial charge in [-0.3, -0.25) is 9.10 Å². The summed E-state index contributed by atoms with van der Waals surface area (Å²) in [6.45, 7) is 3.16. The Balaban J connectivity index is 1.55. The molecule has 3 aromatic carbocycles. The van der Waals surface area contributed by atoms with Gasteiger partial charge in [-0.25, -0.2) is 18.2 Å². The minimum absolute atomic E-state index is 0.0488. The number of hydrazone groups is 1. The molecule has 0 fully saturated rings. The van der Waals surface area contributed by atoms with Gasteiger partial charge in [-0.2, -0.15) is 5.10 Å². The topological polar surface area (TPSA) is 93.0 Å². The quantitative estimate of drug-likeness (QED) is 0.251. The molecule has 0 spiro atoms. The molecule has 1 heterocycles. The summed E-state index contributed by atoms with van der Waals surface area (Å²) in [4.78, 5) is 12.9. The highest BCUT2D eigenvalue weighted by molar-refractivity contribution is 7.92. The van der Waals surface area contributed by atoms with Crippen molar-refractivity contribution < 1.29 is 22.3 Å². The van der Waals surface area contributed by atoms with Crippen LogP contribution in [0.2, 0.25) is 0 Å². The SMILES string of the molecule is COc1ccc(N(CC(=O)N/N=C\c2cc(C)n(-c3ccccc3F)c2C)S(=O)(=O)c2ccccc2)cc1. The number of benzene rings is 3. The highest BCUT2D eigenvalue weighted by atomic mass is 32.2. The van der Waals surface area contributed by atoms with Crippen LogP contribution in [0.1, 0.15) is 17.0 Å². The lowest BCUT2D eigenvalue weighted by Gasteiger charge is -2.23. The van der Waals surface area contributed by atoms with Gasteiger partial charge in [-0.1, -0.05) is 30.3 Å². The molecule has 38 heavy (non-hydrogen) atoms. The molecule has 0 radical (unpaired) electrons. The zero-order valence-corrected chi connectivity index (χ0v) is 21.9. The number of ether oxygens (including phenoxy) is 1. The number of amides is 1. The van der Waals surface area contributed by atoms with E-state index in [0.717, 1.165) is 15.7 Å². The number of carbonyl (C=O) groups excluding carboxylic acids is 1. The van der Waals surface area contributed by atoms with Gasteiger partial charge in [0, 0.05) is 17.0 Å². The molecule has 0 unspecified atom stereocenters. The molecule has 1 N–H and O–H groups in total. The largest absolute Gasteiger partial charge is 0.497 e. The Bertz CT molecular complexity index is 1570. The second kappa shape index (κ2) is 11.3. The van der Waals surface area contributed by atoms with Crippen LogP contribution in [0.25, 0.3) is 5.69 Å². The number of nitrogens with zero attached hydrogens (tertiary/aromatic N) is 3. The van der Waals surface area contributed by atoms with Crippen molar-refractivity contribution in [2.45, 2.75) is 18.7 Å². The molecule has 196 valence electrons. The average molecular weight is 535 g/mol. The molecular formula is C28H27FN4O4S. The van der Waals surface area contributed by atoms with Crippen molar-refractivity contribution in [2.75, 3.05) is 18.0 Å². The van der Waals surface area contributed by atoms with E-state index in [9.17, 15) is 17.6 Å². The Hall–Kier alpha value is -4.44. The Kier molecular flexibility index (Phi) is 7.92. The van der Waals surface area contributed by atoms with Crippen LogP contribution in [0.5, 0.6) is 5.75 Å². The van der Waals surface area contributed by atoms with E-state index in [2.05, 4.69) is 10.5 Å². The highest BCUT2D eigenvalue weighted by Gasteiger charge is 2.27. The predicted molar refractivity (Wildman–Crippen MR) is 145 cm³/mol. The zero-order valence-electron chi connectivity index (χ0n) is 21.1. The van der Waals surface area contributed by atoms with Gasteiger partial charge < -0.3 is 9.30 Å². The van der Waals surface area contributed by atoms with Crippen molar-refractivity contribution in [3.05, 3.63) is 108 Å². The molecule has 0 saturated heterocycles. The fourth-order valence-corrected chi connectivity index (χ4v) is 5.49. The minimum Gasteiger partial charge on any atom is -0.497 e. The summed E-state index contributed by atoms with van der Waals surface area (Å²) in [5.41, 5.74) is 5.31. The lowest BCUT2D eigenvalue weighted by atomic mass is 10.2. The van der Waals surface area contributed by atoms with Crippen LogP contribution >= 0.6 is 0 Å². The van der Waals surface area contributed by atoms with Crippen molar-refractivity contribution >= 4 is 27.8 Å². The molecule has 0 atom stereocenters. The summed E-state index contributed by atoms with van der Waals surface area (Å²) in [6.07, 6.45) is 1.45. The molecule has 0 aliphatic carbocycles. The first-order valence-electron chi connectivity index (χ1n) is 11.7. The first-order valence-corrected chi connectivity index (χ1v) is 13.1. The first-order chi connectivity index (χ1) is 18.2. The number of hydrogen-bond acceptors (Lipinski definition) is 5. The fourth-order valence-electron chi connectivity index (χ4n) is 4.04. The van der Waals surface area contributed by atoms with E-state index in [1.165, 1.54) is 31.5 Å². The highest BCUT2D eigenvalue weighted by Crippen LogP contribution is 2.26. The maximum absolute atomic E-state index is 14.4. The van der Waals surface area contributed by atoms with Gasteiger partial charge in [-0.15, -0.1) is 0 Å². The Morgan fingerprint density at radius 2 is 1.68 bits per heavy atom. The summed E-state index contributed by atoms with van der Waals surface area (Å²) < 4.78 is 49.1. The molecule has 10 heteroatoms. The van der Waals surface area contributed by atoms with Crippen LogP contribution in [0.15, 0.2) is 94.9 Å². The zero-order chi connectivity index (χ0) is 27.3.